The summed E-state index contributed by atoms with van der Waals surface area (Å²) in [5.74, 6) is -1.02. The van der Waals surface area contributed by atoms with Gasteiger partial charge in [-0.25, -0.2) is 8.78 Å². The number of nitrogens with zero attached hydrogens (tertiary/aromatic N) is 2. The van der Waals surface area contributed by atoms with Crippen molar-refractivity contribution in [1.82, 2.24) is 9.88 Å². The van der Waals surface area contributed by atoms with E-state index in [0.29, 0.717) is 42.2 Å². The Bertz CT molecular complexity index is 1070. The molecule has 2 heterocycles. The van der Waals surface area contributed by atoms with Crippen molar-refractivity contribution in [1.29, 1.82) is 0 Å². The van der Waals surface area contributed by atoms with Crippen LogP contribution in [0.15, 0.2) is 48.7 Å². The molecule has 8 heteroatoms. The van der Waals surface area contributed by atoms with E-state index < -0.39 is 11.6 Å². The van der Waals surface area contributed by atoms with E-state index in [1.165, 1.54) is 6.07 Å². The fraction of sp³-hybridized carbons (Fsp3) is 0.273. The van der Waals surface area contributed by atoms with Gasteiger partial charge in [-0.1, -0.05) is 11.6 Å². The van der Waals surface area contributed by atoms with Crippen LogP contribution in [0.25, 0.3) is 10.9 Å². The van der Waals surface area contributed by atoms with Crippen LogP contribution in [-0.2, 0) is 4.79 Å². The maximum Gasteiger partial charge on any atom is 0.260 e. The average Bonchev–Trinajstić information content (AvgIpc) is 2.76. The molecule has 1 aliphatic rings. The number of hydrogen-bond acceptors (Lipinski definition) is 4. The molecule has 0 N–H and O–H groups in total. The lowest BCUT2D eigenvalue weighted by atomic mass is 10.1. The number of hydrogen-bond donors (Lipinski definition) is 0. The Kier molecular flexibility index (Phi) is 5.99. The van der Waals surface area contributed by atoms with Crippen LogP contribution in [0, 0.1) is 11.6 Å². The van der Waals surface area contributed by atoms with Crippen LogP contribution in [0.4, 0.5) is 8.78 Å². The molecule has 1 amide bonds. The molecule has 1 fully saturated rings. The molecule has 0 aliphatic carbocycles. The van der Waals surface area contributed by atoms with Crippen molar-refractivity contribution in [2.75, 3.05) is 19.7 Å². The number of benzene rings is 2. The average molecular weight is 433 g/mol. The van der Waals surface area contributed by atoms with E-state index in [-0.39, 0.29) is 24.4 Å². The third-order valence-electron chi connectivity index (χ3n) is 5.01. The Hall–Kier alpha value is -2.93. The number of carbonyl (C=O) groups excluding carboxylic acids is 1. The first-order valence-electron chi connectivity index (χ1n) is 9.57. The third-order valence-corrected chi connectivity index (χ3v) is 5.34. The highest BCUT2D eigenvalue weighted by Crippen LogP contribution is 2.29. The minimum absolute atomic E-state index is 0.0200. The smallest absolute Gasteiger partial charge is 0.260 e. The summed E-state index contributed by atoms with van der Waals surface area (Å²) in [5, 5.41) is 1.33. The summed E-state index contributed by atoms with van der Waals surface area (Å²) in [4.78, 5) is 18.5. The van der Waals surface area contributed by atoms with Crippen molar-refractivity contribution in [3.8, 4) is 11.5 Å². The Morgan fingerprint density at radius 1 is 1.13 bits per heavy atom. The molecule has 0 bridgehead atoms. The van der Waals surface area contributed by atoms with Gasteiger partial charge >= 0.3 is 0 Å². The number of ether oxygens (including phenoxy) is 2. The molecule has 0 atom stereocenters. The number of likely N-dealkylation sites (tertiary alicyclic amines) is 1. The van der Waals surface area contributed by atoms with Crippen molar-refractivity contribution in [2.45, 2.75) is 18.9 Å². The van der Waals surface area contributed by atoms with E-state index >= 15 is 0 Å². The fourth-order valence-corrected chi connectivity index (χ4v) is 3.65. The topological polar surface area (TPSA) is 51.7 Å². The van der Waals surface area contributed by atoms with Gasteiger partial charge in [-0.05, 0) is 36.4 Å². The van der Waals surface area contributed by atoms with Crippen molar-refractivity contribution in [3.05, 3.63) is 65.3 Å². The molecule has 0 radical (unpaired) electrons. The Labute approximate surface area is 177 Å². The lowest BCUT2D eigenvalue weighted by Gasteiger charge is -2.32. The first-order valence-corrected chi connectivity index (χ1v) is 9.94. The molecule has 4 rings (SSSR count). The van der Waals surface area contributed by atoms with Crippen LogP contribution in [0.2, 0.25) is 5.02 Å². The van der Waals surface area contributed by atoms with Gasteiger partial charge in [-0.15, -0.1) is 0 Å². The highest BCUT2D eigenvalue weighted by molar-refractivity contribution is 6.35. The molecule has 30 heavy (non-hydrogen) atoms. The summed E-state index contributed by atoms with van der Waals surface area (Å²) in [6.07, 6.45) is 2.50. The Balaban J connectivity index is 1.31. The molecule has 3 aromatic rings. The zero-order valence-electron chi connectivity index (χ0n) is 16.0. The van der Waals surface area contributed by atoms with Crippen LogP contribution >= 0.6 is 11.6 Å². The molecular formula is C22H19ClF2N2O3. The zero-order chi connectivity index (χ0) is 21.1. The summed E-state index contributed by atoms with van der Waals surface area (Å²) in [5.41, 5.74) is 0.603. The van der Waals surface area contributed by atoms with Gasteiger partial charge in [0.25, 0.3) is 5.91 Å². The van der Waals surface area contributed by atoms with Gasteiger partial charge in [0, 0.05) is 43.6 Å². The van der Waals surface area contributed by atoms with Gasteiger partial charge in [-0.2, -0.15) is 0 Å². The summed E-state index contributed by atoms with van der Waals surface area (Å²) in [6, 6.07) is 10.3. The van der Waals surface area contributed by atoms with Crippen LogP contribution in [0.1, 0.15) is 12.8 Å². The number of halogens is 3. The number of piperidine rings is 1. The van der Waals surface area contributed by atoms with Gasteiger partial charge in [0.15, 0.2) is 18.2 Å². The lowest BCUT2D eigenvalue weighted by Crippen LogP contribution is -2.43. The molecule has 0 spiro atoms. The predicted octanol–water partition coefficient (Wildman–Crippen LogP) is 4.62. The van der Waals surface area contributed by atoms with Crippen LogP contribution in [0.5, 0.6) is 11.5 Å². The van der Waals surface area contributed by atoms with Crippen LogP contribution < -0.4 is 9.47 Å². The highest BCUT2D eigenvalue weighted by atomic mass is 35.5. The minimum atomic E-state index is -0.731. The second-order valence-corrected chi connectivity index (χ2v) is 7.41. The summed E-state index contributed by atoms with van der Waals surface area (Å²) in [6.45, 7) is 0.815. The quantitative estimate of drug-likeness (QED) is 0.590. The number of pyridine rings is 1. The monoisotopic (exact) mass is 432 g/mol. The van der Waals surface area contributed by atoms with E-state index in [0.717, 1.165) is 17.5 Å². The van der Waals surface area contributed by atoms with Crippen LogP contribution in [-0.4, -0.2) is 41.6 Å². The molecule has 0 saturated carbocycles. The van der Waals surface area contributed by atoms with E-state index in [4.69, 9.17) is 21.1 Å². The van der Waals surface area contributed by atoms with Gasteiger partial charge < -0.3 is 14.4 Å². The molecule has 5 nitrogen and oxygen atoms in total. The fourth-order valence-electron chi connectivity index (χ4n) is 3.43. The van der Waals surface area contributed by atoms with Crippen molar-refractivity contribution < 1.29 is 23.0 Å². The highest BCUT2D eigenvalue weighted by Gasteiger charge is 2.25. The van der Waals surface area contributed by atoms with E-state index in [2.05, 4.69) is 4.98 Å². The molecule has 1 aliphatic heterocycles. The largest absolute Gasteiger partial charge is 0.487 e. The van der Waals surface area contributed by atoms with Gasteiger partial charge in [0.05, 0.1) is 5.02 Å². The SMILES string of the molecule is O=C(COc1ccc(Cl)c2cccnc12)N1CCC(Oc2ccc(F)cc2F)CC1. The second-order valence-electron chi connectivity index (χ2n) is 7.01. The molecule has 0 unspecified atom stereocenters. The van der Waals surface area contributed by atoms with Crippen LogP contribution in [0.3, 0.4) is 0 Å². The molecule has 156 valence electrons. The van der Waals surface area contributed by atoms with Gasteiger partial charge in [0.2, 0.25) is 0 Å². The molecule has 2 aromatic carbocycles. The van der Waals surface area contributed by atoms with Crippen molar-refractivity contribution in [2.24, 2.45) is 0 Å². The standard InChI is InChI=1S/C22H19ClF2N2O3/c23-17-4-6-20(22-16(17)2-1-9-26-22)29-13-21(28)27-10-7-15(8-11-27)30-19-5-3-14(24)12-18(19)25/h1-6,9,12,15H,7-8,10-11,13H2. The summed E-state index contributed by atoms with van der Waals surface area (Å²) in [7, 11) is 0. The van der Waals surface area contributed by atoms with E-state index in [9.17, 15) is 13.6 Å². The third kappa shape index (κ3) is 4.46. The van der Waals surface area contributed by atoms with Crippen molar-refractivity contribution in [3.63, 3.8) is 0 Å². The minimum Gasteiger partial charge on any atom is -0.487 e. The van der Waals surface area contributed by atoms with E-state index in [1.807, 2.05) is 6.07 Å². The lowest BCUT2D eigenvalue weighted by molar-refractivity contribution is -0.135. The number of fused-ring (bicyclic) bond motifs is 1. The number of rotatable bonds is 5. The number of carbonyl (C=O) groups is 1. The molecule has 1 saturated heterocycles. The normalized spacial score (nSPS) is 14.7. The Morgan fingerprint density at radius 3 is 2.67 bits per heavy atom. The number of aromatic nitrogens is 1. The maximum absolute atomic E-state index is 13.7. The summed E-state index contributed by atoms with van der Waals surface area (Å²) < 4.78 is 38.1. The first-order chi connectivity index (χ1) is 14.5. The van der Waals surface area contributed by atoms with E-state index in [1.54, 1.807) is 29.3 Å². The maximum atomic E-state index is 13.7. The predicted molar refractivity (Wildman–Crippen MR) is 109 cm³/mol. The second kappa shape index (κ2) is 8.83. The number of amides is 1. The van der Waals surface area contributed by atoms with Gasteiger partial charge in [0.1, 0.15) is 23.2 Å². The van der Waals surface area contributed by atoms with Gasteiger partial charge in [-0.3, -0.25) is 9.78 Å². The summed E-state index contributed by atoms with van der Waals surface area (Å²) >= 11 is 6.18. The van der Waals surface area contributed by atoms with Crippen molar-refractivity contribution >= 4 is 28.4 Å². The molecular weight excluding hydrogens is 414 g/mol. The first kappa shape index (κ1) is 20.3. The Morgan fingerprint density at radius 2 is 1.90 bits per heavy atom. The molecule has 1 aromatic heterocycles. The zero-order valence-corrected chi connectivity index (χ0v) is 16.7.